The molecule has 4 rings (SSSR count). The van der Waals surface area contributed by atoms with Gasteiger partial charge in [-0.25, -0.2) is 13.2 Å². The molecule has 10 heteroatoms. The number of hydrogen-bond acceptors (Lipinski definition) is 5. The van der Waals surface area contributed by atoms with Gasteiger partial charge in [0, 0.05) is 44.8 Å². The molecule has 2 aromatic carbocycles. The summed E-state index contributed by atoms with van der Waals surface area (Å²) in [4.78, 5) is 27.4. The summed E-state index contributed by atoms with van der Waals surface area (Å²) in [7, 11) is 0. The number of halogens is 3. The van der Waals surface area contributed by atoms with Gasteiger partial charge in [-0.3, -0.25) is 9.59 Å². The van der Waals surface area contributed by atoms with Gasteiger partial charge >= 0.3 is 0 Å². The van der Waals surface area contributed by atoms with Crippen LogP contribution in [0, 0.1) is 23.4 Å². The molecule has 0 aliphatic carbocycles. The van der Waals surface area contributed by atoms with E-state index in [4.69, 9.17) is 4.74 Å². The normalized spacial score (nSPS) is 22.7. The van der Waals surface area contributed by atoms with Crippen molar-refractivity contribution in [2.24, 2.45) is 5.92 Å². The van der Waals surface area contributed by atoms with Gasteiger partial charge in [0.15, 0.2) is 0 Å². The van der Waals surface area contributed by atoms with Crippen LogP contribution in [0.3, 0.4) is 0 Å². The third-order valence-electron chi connectivity index (χ3n) is 7.38. The fraction of sp³-hybridized carbons (Fsp3) is 0.517. The number of benzene rings is 2. The van der Waals surface area contributed by atoms with Crippen LogP contribution in [-0.4, -0.2) is 65.8 Å². The molecule has 2 heterocycles. The first-order valence-corrected chi connectivity index (χ1v) is 13.5. The Morgan fingerprint density at radius 3 is 2.54 bits per heavy atom. The number of aliphatic hydroxyl groups is 1. The van der Waals surface area contributed by atoms with Gasteiger partial charge in [-0.1, -0.05) is 25.5 Å². The minimum Gasteiger partial charge on any atom is -0.389 e. The van der Waals surface area contributed by atoms with E-state index in [0.717, 1.165) is 24.5 Å². The summed E-state index contributed by atoms with van der Waals surface area (Å²) in [5.41, 5.74) is 1.04. The Hall–Kier alpha value is -2.95. The van der Waals surface area contributed by atoms with Crippen LogP contribution < -0.4 is 10.6 Å². The molecule has 2 saturated heterocycles. The van der Waals surface area contributed by atoms with Crippen molar-refractivity contribution < 1.29 is 32.6 Å². The molecule has 3 N–H and O–H groups in total. The second-order valence-corrected chi connectivity index (χ2v) is 10.5. The lowest BCUT2D eigenvalue weighted by atomic mass is 9.94. The zero-order chi connectivity index (χ0) is 27.9. The lowest BCUT2D eigenvalue weighted by Gasteiger charge is -2.29. The Morgan fingerprint density at radius 1 is 1.13 bits per heavy atom. The number of ether oxygens (including phenoxy) is 1. The van der Waals surface area contributed by atoms with Crippen molar-refractivity contribution in [1.29, 1.82) is 0 Å². The SMILES string of the molecule is CCCCO[C@H]1CN[C@@H]([C@@H](O)[C@H](Cc2cc(F)cc(F)c2)NC(=O)C2CC(=O)N(Cc3ccc(F)cc3)C2)C1. The molecule has 39 heavy (non-hydrogen) atoms. The van der Waals surface area contributed by atoms with E-state index in [9.17, 15) is 27.9 Å². The topological polar surface area (TPSA) is 90.9 Å². The van der Waals surface area contributed by atoms with E-state index in [0.29, 0.717) is 25.1 Å². The number of carbonyl (C=O) groups excluding carboxylic acids is 2. The third kappa shape index (κ3) is 8.03. The summed E-state index contributed by atoms with van der Waals surface area (Å²) >= 11 is 0. The monoisotopic (exact) mass is 547 g/mol. The van der Waals surface area contributed by atoms with Crippen LogP contribution in [-0.2, 0) is 27.3 Å². The molecule has 0 radical (unpaired) electrons. The number of rotatable bonds is 12. The second-order valence-electron chi connectivity index (χ2n) is 10.5. The Labute approximate surface area is 226 Å². The zero-order valence-corrected chi connectivity index (χ0v) is 22.0. The minimum atomic E-state index is -1.06. The smallest absolute Gasteiger partial charge is 0.225 e. The van der Waals surface area contributed by atoms with E-state index in [1.807, 2.05) is 0 Å². The molecular formula is C29H36F3N3O4. The number of carbonyl (C=O) groups is 2. The number of nitrogens with zero attached hydrogens (tertiary/aromatic N) is 1. The molecule has 0 aromatic heterocycles. The molecule has 212 valence electrons. The van der Waals surface area contributed by atoms with Crippen molar-refractivity contribution in [1.82, 2.24) is 15.5 Å². The maximum atomic E-state index is 13.9. The highest BCUT2D eigenvalue weighted by Gasteiger charge is 2.39. The molecular weight excluding hydrogens is 511 g/mol. The Morgan fingerprint density at radius 2 is 1.85 bits per heavy atom. The fourth-order valence-electron chi connectivity index (χ4n) is 5.25. The molecule has 1 unspecified atom stereocenters. The highest BCUT2D eigenvalue weighted by atomic mass is 19.1. The number of amides is 2. The van der Waals surface area contributed by atoms with E-state index in [2.05, 4.69) is 17.6 Å². The van der Waals surface area contributed by atoms with E-state index >= 15 is 0 Å². The van der Waals surface area contributed by atoms with Crippen LogP contribution in [0.4, 0.5) is 13.2 Å². The summed E-state index contributed by atoms with van der Waals surface area (Å²) in [6, 6.07) is 7.70. The quantitative estimate of drug-likeness (QED) is 0.356. The zero-order valence-electron chi connectivity index (χ0n) is 22.0. The van der Waals surface area contributed by atoms with Gasteiger partial charge in [0.05, 0.1) is 24.2 Å². The van der Waals surface area contributed by atoms with Crippen molar-refractivity contribution in [3.8, 4) is 0 Å². The third-order valence-corrected chi connectivity index (χ3v) is 7.38. The number of aliphatic hydroxyl groups excluding tert-OH is 1. The lowest BCUT2D eigenvalue weighted by Crippen LogP contribution is -2.53. The first-order valence-electron chi connectivity index (χ1n) is 13.5. The molecule has 2 aliphatic heterocycles. The van der Waals surface area contributed by atoms with Crippen LogP contribution >= 0.6 is 0 Å². The van der Waals surface area contributed by atoms with Crippen molar-refractivity contribution in [2.75, 3.05) is 19.7 Å². The first kappa shape index (κ1) is 29.0. The Bertz CT molecular complexity index is 1110. The molecule has 0 spiro atoms. The van der Waals surface area contributed by atoms with Crippen molar-refractivity contribution in [2.45, 2.75) is 69.9 Å². The summed E-state index contributed by atoms with van der Waals surface area (Å²) in [6.07, 6.45) is 1.34. The minimum absolute atomic E-state index is 0.000538. The van der Waals surface area contributed by atoms with E-state index in [1.54, 1.807) is 17.0 Å². The maximum absolute atomic E-state index is 13.9. The van der Waals surface area contributed by atoms with Crippen LogP contribution in [0.5, 0.6) is 0 Å². The molecule has 2 aliphatic rings. The summed E-state index contributed by atoms with van der Waals surface area (Å²) in [6.45, 7) is 3.68. The summed E-state index contributed by atoms with van der Waals surface area (Å²) in [5, 5.41) is 17.4. The second kappa shape index (κ2) is 13.4. The maximum Gasteiger partial charge on any atom is 0.225 e. The molecule has 2 aromatic rings. The van der Waals surface area contributed by atoms with Crippen molar-refractivity contribution >= 4 is 11.8 Å². The van der Waals surface area contributed by atoms with Gasteiger partial charge in [-0.15, -0.1) is 0 Å². The molecule has 0 saturated carbocycles. The van der Waals surface area contributed by atoms with Gasteiger partial charge in [-0.05, 0) is 54.7 Å². The van der Waals surface area contributed by atoms with E-state index < -0.39 is 35.6 Å². The van der Waals surface area contributed by atoms with Crippen molar-refractivity contribution in [3.05, 3.63) is 71.0 Å². The van der Waals surface area contributed by atoms with Gasteiger partial charge in [0.1, 0.15) is 17.5 Å². The number of likely N-dealkylation sites (tertiary alicyclic amines) is 1. The molecule has 7 nitrogen and oxygen atoms in total. The molecule has 2 fully saturated rings. The predicted molar refractivity (Wildman–Crippen MR) is 139 cm³/mol. The average molecular weight is 548 g/mol. The highest BCUT2D eigenvalue weighted by molar-refractivity contribution is 5.89. The first-order chi connectivity index (χ1) is 18.7. The van der Waals surface area contributed by atoms with Crippen LogP contribution in [0.1, 0.15) is 43.7 Å². The number of hydrogen-bond donors (Lipinski definition) is 3. The molecule has 2 amide bonds. The van der Waals surface area contributed by atoms with E-state index in [-0.39, 0.29) is 49.8 Å². The molecule has 0 bridgehead atoms. The van der Waals surface area contributed by atoms with E-state index in [1.165, 1.54) is 24.3 Å². The van der Waals surface area contributed by atoms with Gasteiger partial charge in [0.2, 0.25) is 11.8 Å². The number of unbranched alkanes of at least 4 members (excludes halogenated alkanes) is 1. The highest BCUT2D eigenvalue weighted by Crippen LogP contribution is 2.23. The van der Waals surface area contributed by atoms with Crippen LogP contribution in [0.25, 0.3) is 0 Å². The number of nitrogens with one attached hydrogen (secondary N) is 2. The molecule has 5 atom stereocenters. The fourth-order valence-corrected chi connectivity index (χ4v) is 5.25. The summed E-state index contributed by atoms with van der Waals surface area (Å²) < 4.78 is 46.9. The van der Waals surface area contributed by atoms with Gasteiger partial charge < -0.3 is 25.4 Å². The van der Waals surface area contributed by atoms with Crippen LogP contribution in [0.15, 0.2) is 42.5 Å². The Balaban J connectivity index is 1.42. The van der Waals surface area contributed by atoms with Gasteiger partial charge in [0.25, 0.3) is 0 Å². The largest absolute Gasteiger partial charge is 0.389 e. The lowest BCUT2D eigenvalue weighted by molar-refractivity contribution is -0.129. The predicted octanol–water partition coefficient (Wildman–Crippen LogP) is 3.09. The van der Waals surface area contributed by atoms with Crippen LogP contribution in [0.2, 0.25) is 0 Å². The van der Waals surface area contributed by atoms with Crippen molar-refractivity contribution in [3.63, 3.8) is 0 Å². The Kier molecular flexibility index (Phi) is 9.99. The standard InChI is InChI=1S/C29H36F3N3O4/c1-2-3-8-39-24-14-25(33-15-24)28(37)26(11-19-9-22(31)13-23(32)10-19)34-29(38)20-12-27(36)35(17-20)16-18-4-6-21(30)7-5-18/h4-7,9-10,13,20,24-26,28,33,37H,2-3,8,11-12,14-17H2,1H3,(H,34,38)/t20?,24-,25-,26+,28-/m1/s1. The average Bonchev–Trinajstić information content (AvgIpc) is 3.51. The summed E-state index contributed by atoms with van der Waals surface area (Å²) in [5.74, 6) is -3.13. The van der Waals surface area contributed by atoms with Gasteiger partial charge in [-0.2, -0.15) is 0 Å².